The molecule has 24 heavy (non-hydrogen) atoms. The highest BCUT2D eigenvalue weighted by molar-refractivity contribution is 6.42. The third-order valence-electron chi connectivity index (χ3n) is 4.27. The van der Waals surface area contributed by atoms with Gasteiger partial charge in [0.2, 0.25) is 0 Å². The predicted octanol–water partition coefficient (Wildman–Crippen LogP) is 4.36. The van der Waals surface area contributed by atoms with E-state index in [9.17, 15) is 9.18 Å². The van der Waals surface area contributed by atoms with E-state index >= 15 is 0 Å². The molecule has 1 fully saturated rings. The molecule has 0 spiro atoms. The molecule has 0 aromatic heterocycles. The minimum absolute atomic E-state index is 0.122. The molecular weight excluding hydrogens is 350 g/mol. The van der Waals surface area contributed by atoms with Gasteiger partial charge in [-0.15, -0.1) is 0 Å². The minimum Gasteiger partial charge on any atom is -0.339 e. The summed E-state index contributed by atoms with van der Waals surface area (Å²) in [6, 6.07) is 9.30. The van der Waals surface area contributed by atoms with Gasteiger partial charge in [-0.25, -0.2) is 4.39 Å². The minimum atomic E-state index is -0.409. The number of hydrogen-bond acceptors (Lipinski definition) is 2. The fourth-order valence-corrected chi connectivity index (χ4v) is 3.18. The van der Waals surface area contributed by atoms with Crippen LogP contribution in [0.5, 0.6) is 0 Å². The molecule has 3 rings (SSSR count). The number of nitrogens with zero attached hydrogens (tertiary/aromatic N) is 1. The fraction of sp³-hybridized carbons (Fsp3) is 0.278. The smallest absolute Gasteiger partial charge is 0.254 e. The maximum Gasteiger partial charge on any atom is 0.254 e. The van der Waals surface area contributed by atoms with E-state index in [0.29, 0.717) is 39.8 Å². The molecule has 2 aromatic rings. The Hall–Kier alpha value is -1.62. The van der Waals surface area contributed by atoms with Crippen molar-refractivity contribution in [2.24, 2.45) is 5.73 Å². The molecule has 2 aromatic carbocycles. The maximum atomic E-state index is 13.8. The van der Waals surface area contributed by atoms with Gasteiger partial charge in [-0.3, -0.25) is 4.79 Å². The number of rotatable bonds is 2. The molecule has 1 heterocycles. The number of carbonyl (C=O) groups excluding carboxylic acids is 1. The summed E-state index contributed by atoms with van der Waals surface area (Å²) in [4.78, 5) is 14.6. The van der Waals surface area contributed by atoms with Crippen LogP contribution in [0.15, 0.2) is 36.4 Å². The molecule has 1 aliphatic heterocycles. The number of piperidine rings is 1. The molecule has 3 nitrogen and oxygen atoms in total. The second-order valence-corrected chi connectivity index (χ2v) is 6.76. The number of carbonyl (C=O) groups is 1. The van der Waals surface area contributed by atoms with Crippen molar-refractivity contribution in [2.45, 2.75) is 18.9 Å². The van der Waals surface area contributed by atoms with Gasteiger partial charge >= 0.3 is 0 Å². The predicted molar refractivity (Wildman–Crippen MR) is 95.0 cm³/mol. The lowest BCUT2D eigenvalue weighted by Crippen LogP contribution is -2.43. The number of hydrogen-bond donors (Lipinski definition) is 1. The average molecular weight is 367 g/mol. The Labute approximate surface area is 150 Å². The first-order chi connectivity index (χ1) is 11.5. The molecule has 0 radical (unpaired) electrons. The zero-order chi connectivity index (χ0) is 17.3. The topological polar surface area (TPSA) is 46.3 Å². The summed E-state index contributed by atoms with van der Waals surface area (Å²) in [6.45, 7) is 1.22. The van der Waals surface area contributed by atoms with E-state index in [1.807, 2.05) is 0 Å². The van der Waals surface area contributed by atoms with E-state index in [-0.39, 0.29) is 11.9 Å². The van der Waals surface area contributed by atoms with Gasteiger partial charge in [0.05, 0.1) is 10.0 Å². The van der Waals surface area contributed by atoms with Gasteiger partial charge in [0.15, 0.2) is 0 Å². The number of nitrogens with two attached hydrogens (primary N) is 1. The number of halogens is 3. The molecule has 0 bridgehead atoms. The SMILES string of the molecule is NC1CCN(C(=O)c2ccc(F)cc2-c2ccc(Cl)c(Cl)c2)CC1. The van der Waals surface area contributed by atoms with Crippen LogP contribution in [0.1, 0.15) is 23.2 Å². The standard InChI is InChI=1S/C18H17Cl2FN2O/c19-16-4-1-11(9-17(16)20)15-10-12(21)2-3-14(15)18(24)23-7-5-13(22)6-8-23/h1-4,9-10,13H,5-8,22H2. The molecule has 1 saturated heterocycles. The van der Waals surface area contributed by atoms with Gasteiger partial charge in [0.1, 0.15) is 5.82 Å². The summed E-state index contributed by atoms with van der Waals surface area (Å²) in [5.41, 5.74) is 7.50. The van der Waals surface area contributed by atoms with Gasteiger partial charge in [-0.1, -0.05) is 29.3 Å². The van der Waals surface area contributed by atoms with Crippen molar-refractivity contribution >= 4 is 29.1 Å². The summed E-state index contributed by atoms with van der Waals surface area (Å²) in [7, 11) is 0. The third kappa shape index (κ3) is 3.56. The Morgan fingerprint density at radius 1 is 1.08 bits per heavy atom. The summed E-state index contributed by atoms with van der Waals surface area (Å²) in [5.74, 6) is -0.531. The maximum absolute atomic E-state index is 13.8. The molecule has 0 saturated carbocycles. The molecule has 2 N–H and O–H groups in total. The first-order valence-corrected chi connectivity index (χ1v) is 8.51. The van der Waals surface area contributed by atoms with Crippen LogP contribution in [-0.2, 0) is 0 Å². The zero-order valence-corrected chi connectivity index (χ0v) is 14.4. The van der Waals surface area contributed by atoms with Crippen LogP contribution in [-0.4, -0.2) is 29.9 Å². The van der Waals surface area contributed by atoms with Crippen LogP contribution < -0.4 is 5.73 Å². The Kier molecular flexibility index (Phi) is 5.09. The molecule has 1 amide bonds. The van der Waals surface area contributed by atoms with Crippen molar-refractivity contribution in [3.63, 3.8) is 0 Å². The largest absolute Gasteiger partial charge is 0.339 e. The van der Waals surface area contributed by atoms with Crippen LogP contribution in [0, 0.1) is 5.82 Å². The van der Waals surface area contributed by atoms with Gasteiger partial charge < -0.3 is 10.6 Å². The van der Waals surface area contributed by atoms with Gasteiger partial charge in [0, 0.05) is 24.7 Å². The Balaban J connectivity index is 1.99. The van der Waals surface area contributed by atoms with Gasteiger partial charge in [-0.05, 0) is 54.3 Å². The van der Waals surface area contributed by atoms with Crippen LogP contribution >= 0.6 is 23.2 Å². The molecule has 126 valence electrons. The van der Waals surface area contributed by atoms with Crippen molar-refractivity contribution in [1.29, 1.82) is 0 Å². The fourth-order valence-electron chi connectivity index (χ4n) is 2.88. The lowest BCUT2D eigenvalue weighted by atomic mass is 9.97. The molecular formula is C18H17Cl2FN2O. The number of amides is 1. The van der Waals surface area contributed by atoms with E-state index in [2.05, 4.69) is 0 Å². The summed E-state index contributed by atoms with van der Waals surface area (Å²) >= 11 is 12.0. The van der Waals surface area contributed by atoms with Crippen LogP contribution in [0.3, 0.4) is 0 Å². The molecule has 0 aliphatic carbocycles. The molecule has 1 aliphatic rings. The van der Waals surface area contributed by atoms with Gasteiger partial charge in [-0.2, -0.15) is 0 Å². The van der Waals surface area contributed by atoms with E-state index in [1.54, 1.807) is 23.1 Å². The quantitative estimate of drug-likeness (QED) is 0.857. The van der Waals surface area contributed by atoms with Crippen molar-refractivity contribution in [3.05, 3.63) is 57.8 Å². The highest BCUT2D eigenvalue weighted by Gasteiger charge is 2.24. The third-order valence-corrected chi connectivity index (χ3v) is 5.01. The Morgan fingerprint density at radius 2 is 1.79 bits per heavy atom. The molecule has 0 atom stereocenters. The Bertz CT molecular complexity index is 774. The van der Waals surface area contributed by atoms with Crippen molar-refractivity contribution in [2.75, 3.05) is 13.1 Å². The number of benzene rings is 2. The number of likely N-dealkylation sites (tertiary alicyclic amines) is 1. The van der Waals surface area contributed by atoms with E-state index in [0.717, 1.165) is 12.8 Å². The van der Waals surface area contributed by atoms with E-state index < -0.39 is 5.82 Å². The molecule has 6 heteroatoms. The normalized spacial score (nSPS) is 15.6. The van der Waals surface area contributed by atoms with Crippen molar-refractivity contribution in [1.82, 2.24) is 4.90 Å². The molecule has 0 unspecified atom stereocenters. The second kappa shape index (κ2) is 7.09. The van der Waals surface area contributed by atoms with Crippen LogP contribution in [0.4, 0.5) is 4.39 Å². The highest BCUT2D eigenvalue weighted by Crippen LogP contribution is 2.32. The Morgan fingerprint density at radius 3 is 2.46 bits per heavy atom. The van der Waals surface area contributed by atoms with E-state index in [1.165, 1.54) is 18.2 Å². The average Bonchev–Trinajstić information content (AvgIpc) is 2.57. The first-order valence-electron chi connectivity index (χ1n) is 7.75. The van der Waals surface area contributed by atoms with Crippen molar-refractivity contribution < 1.29 is 9.18 Å². The van der Waals surface area contributed by atoms with E-state index in [4.69, 9.17) is 28.9 Å². The lowest BCUT2D eigenvalue weighted by molar-refractivity contribution is 0.0715. The van der Waals surface area contributed by atoms with Gasteiger partial charge in [0.25, 0.3) is 5.91 Å². The second-order valence-electron chi connectivity index (χ2n) is 5.95. The monoisotopic (exact) mass is 366 g/mol. The first kappa shape index (κ1) is 17.2. The van der Waals surface area contributed by atoms with Crippen LogP contribution in [0.25, 0.3) is 11.1 Å². The summed E-state index contributed by atoms with van der Waals surface area (Å²) in [6.07, 6.45) is 1.55. The zero-order valence-electron chi connectivity index (χ0n) is 12.9. The van der Waals surface area contributed by atoms with Crippen molar-refractivity contribution in [3.8, 4) is 11.1 Å². The summed E-state index contributed by atoms with van der Waals surface area (Å²) < 4.78 is 13.8. The lowest BCUT2D eigenvalue weighted by Gasteiger charge is -2.30. The van der Waals surface area contributed by atoms with Crippen LogP contribution in [0.2, 0.25) is 10.0 Å². The summed E-state index contributed by atoms with van der Waals surface area (Å²) in [5, 5.41) is 0.774. The highest BCUT2D eigenvalue weighted by atomic mass is 35.5.